The smallest absolute Gasteiger partial charge is 0.222 e. The van der Waals surface area contributed by atoms with Crippen molar-refractivity contribution in [2.45, 2.75) is 70.1 Å². The monoisotopic (exact) mass is 254 g/mol. The maximum Gasteiger partial charge on any atom is 0.222 e. The molecule has 4 heteroatoms. The summed E-state index contributed by atoms with van der Waals surface area (Å²) in [7, 11) is 0. The van der Waals surface area contributed by atoms with Crippen molar-refractivity contribution in [1.29, 1.82) is 0 Å². The summed E-state index contributed by atoms with van der Waals surface area (Å²) in [6.07, 6.45) is 7.79. The molecule has 0 saturated carbocycles. The lowest BCUT2D eigenvalue weighted by atomic mass is 10.0. The summed E-state index contributed by atoms with van der Waals surface area (Å²) in [6, 6.07) is 0.273. The average molecular weight is 254 g/mol. The lowest BCUT2D eigenvalue weighted by Crippen LogP contribution is -2.47. The minimum absolute atomic E-state index is 0.272. The van der Waals surface area contributed by atoms with Crippen molar-refractivity contribution in [3.8, 4) is 0 Å². The zero-order valence-electron chi connectivity index (χ0n) is 11.4. The fraction of sp³-hybridized carbons (Fsp3) is 0.929. The van der Waals surface area contributed by atoms with Crippen LogP contribution in [0, 0.1) is 0 Å². The SMILES string of the molecule is CC1CCC(CCC(=O)N2CCCCC2CN)O1. The Balaban J connectivity index is 1.76. The Labute approximate surface area is 110 Å². The molecule has 104 valence electrons. The standard InChI is InChI=1S/C14H26N2O2/c1-11-5-6-13(18-11)7-8-14(17)16-9-3-2-4-12(16)10-15/h11-13H,2-10,15H2,1H3. The first-order valence-electron chi connectivity index (χ1n) is 7.35. The van der Waals surface area contributed by atoms with Gasteiger partial charge in [0.25, 0.3) is 0 Å². The number of carbonyl (C=O) groups excluding carboxylic acids is 1. The predicted octanol–water partition coefficient (Wildman–Crippen LogP) is 1.67. The molecule has 2 aliphatic rings. The van der Waals surface area contributed by atoms with E-state index in [0.717, 1.165) is 38.6 Å². The summed E-state index contributed by atoms with van der Waals surface area (Å²) < 4.78 is 5.76. The number of hydrogen-bond acceptors (Lipinski definition) is 3. The second-order valence-electron chi connectivity index (χ2n) is 5.66. The first-order valence-corrected chi connectivity index (χ1v) is 7.35. The van der Waals surface area contributed by atoms with Gasteiger partial charge in [0.1, 0.15) is 0 Å². The molecule has 2 aliphatic heterocycles. The Bertz CT molecular complexity index is 283. The van der Waals surface area contributed by atoms with Crippen molar-refractivity contribution < 1.29 is 9.53 Å². The van der Waals surface area contributed by atoms with Crippen LogP contribution in [0.15, 0.2) is 0 Å². The van der Waals surface area contributed by atoms with Crippen molar-refractivity contribution in [1.82, 2.24) is 4.90 Å². The Morgan fingerprint density at radius 3 is 2.83 bits per heavy atom. The molecule has 0 spiro atoms. The highest BCUT2D eigenvalue weighted by Crippen LogP contribution is 2.24. The molecule has 0 bridgehead atoms. The molecule has 0 radical (unpaired) electrons. The second kappa shape index (κ2) is 6.53. The lowest BCUT2D eigenvalue weighted by molar-refractivity contribution is -0.135. The van der Waals surface area contributed by atoms with Crippen LogP contribution < -0.4 is 5.73 Å². The van der Waals surface area contributed by atoms with E-state index in [1.54, 1.807) is 0 Å². The van der Waals surface area contributed by atoms with E-state index in [9.17, 15) is 4.79 Å². The van der Waals surface area contributed by atoms with Crippen LogP contribution in [-0.2, 0) is 9.53 Å². The van der Waals surface area contributed by atoms with Crippen LogP contribution in [-0.4, -0.2) is 42.1 Å². The number of ether oxygens (including phenoxy) is 1. The number of nitrogens with zero attached hydrogens (tertiary/aromatic N) is 1. The third kappa shape index (κ3) is 3.45. The molecule has 4 nitrogen and oxygen atoms in total. The van der Waals surface area contributed by atoms with Crippen LogP contribution in [0.1, 0.15) is 51.9 Å². The second-order valence-corrected chi connectivity index (χ2v) is 5.66. The largest absolute Gasteiger partial charge is 0.375 e. The molecule has 18 heavy (non-hydrogen) atoms. The molecule has 2 N–H and O–H groups in total. The maximum absolute atomic E-state index is 12.2. The molecule has 0 aliphatic carbocycles. The fourth-order valence-electron chi connectivity index (χ4n) is 3.10. The maximum atomic E-state index is 12.2. The average Bonchev–Trinajstić information content (AvgIpc) is 2.81. The topological polar surface area (TPSA) is 55.6 Å². The number of hydrogen-bond donors (Lipinski definition) is 1. The van der Waals surface area contributed by atoms with Gasteiger partial charge in [-0.05, 0) is 45.4 Å². The van der Waals surface area contributed by atoms with Gasteiger partial charge in [-0.2, -0.15) is 0 Å². The van der Waals surface area contributed by atoms with Crippen molar-refractivity contribution >= 4 is 5.91 Å². The normalized spacial score (nSPS) is 32.8. The molecule has 0 aromatic carbocycles. The van der Waals surface area contributed by atoms with Gasteiger partial charge in [0.2, 0.25) is 5.91 Å². The van der Waals surface area contributed by atoms with Gasteiger partial charge in [-0.3, -0.25) is 4.79 Å². The molecule has 1 amide bonds. The minimum atomic E-state index is 0.272. The minimum Gasteiger partial charge on any atom is -0.375 e. The summed E-state index contributed by atoms with van der Waals surface area (Å²) in [5.41, 5.74) is 5.75. The lowest BCUT2D eigenvalue weighted by Gasteiger charge is -2.35. The van der Waals surface area contributed by atoms with Crippen molar-refractivity contribution in [2.75, 3.05) is 13.1 Å². The Morgan fingerprint density at radius 1 is 1.33 bits per heavy atom. The zero-order chi connectivity index (χ0) is 13.0. The van der Waals surface area contributed by atoms with Crippen LogP contribution in [0.4, 0.5) is 0 Å². The van der Waals surface area contributed by atoms with E-state index in [0.29, 0.717) is 25.2 Å². The number of piperidine rings is 1. The van der Waals surface area contributed by atoms with Gasteiger partial charge in [0.15, 0.2) is 0 Å². The fourth-order valence-corrected chi connectivity index (χ4v) is 3.10. The summed E-state index contributed by atoms with van der Waals surface area (Å²) in [6.45, 7) is 3.60. The summed E-state index contributed by atoms with van der Waals surface area (Å²) >= 11 is 0. The van der Waals surface area contributed by atoms with E-state index in [1.165, 1.54) is 6.42 Å². The first kappa shape index (κ1) is 13.8. The van der Waals surface area contributed by atoms with Crippen LogP contribution in [0.3, 0.4) is 0 Å². The van der Waals surface area contributed by atoms with Gasteiger partial charge >= 0.3 is 0 Å². The third-order valence-electron chi connectivity index (χ3n) is 4.22. The molecule has 2 fully saturated rings. The van der Waals surface area contributed by atoms with Gasteiger partial charge in [-0.1, -0.05) is 0 Å². The first-order chi connectivity index (χ1) is 8.70. The Kier molecular flexibility index (Phi) is 5.01. The molecule has 2 saturated heterocycles. The molecule has 2 rings (SSSR count). The highest BCUT2D eigenvalue weighted by atomic mass is 16.5. The van der Waals surface area contributed by atoms with E-state index in [-0.39, 0.29) is 11.9 Å². The zero-order valence-corrected chi connectivity index (χ0v) is 11.4. The van der Waals surface area contributed by atoms with Gasteiger partial charge in [-0.25, -0.2) is 0 Å². The molecular weight excluding hydrogens is 228 g/mol. The van der Waals surface area contributed by atoms with Gasteiger partial charge in [0.05, 0.1) is 12.2 Å². The van der Waals surface area contributed by atoms with E-state index >= 15 is 0 Å². The predicted molar refractivity (Wildman–Crippen MR) is 71.2 cm³/mol. The molecule has 3 unspecified atom stereocenters. The highest BCUT2D eigenvalue weighted by molar-refractivity contribution is 5.76. The van der Waals surface area contributed by atoms with Crippen molar-refractivity contribution in [2.24, 2.45) is 5.73 Å². The van der Waals surface area contributed by atoms with E-state index < -0.39 is 0 Å². The van der Waals surface area contributed by atoms with Crippen LogP contribution >= 0.6 is 0 Å². The van der Waals surface area contributed by atoms with Gasteiger partial charge in [0, 0.05) is 25.6 Å². The number of amides is 1. The van der Waals surface area contributed by atoms with Crippen LogP contribution in [0.2, 0.25) is 0 Å². The number of nitrogens with two attached hydrogens (primary N) is 1. The number of rotatable bonds is 4. The number of carbonyl (C=O) groups is 1. The Morgan fingerprint density at radius 2 is 2.17 bits per heavy atom. The van der Waals surface area contributed by atoms with Crippen LogP contribution in [0.5, 0.6) is 0 Å². The van der Waals surface area contributed by atoms with Crippen LogP contribution in [0.25, 0.3) is 0 Å². The summed E-state index contributed by atoms with van der Waals surface area (Å²) in [4.78, 5) is 14.2. The summed E-state index contributed by atoms with van der Waals surface area (Å²) in [5, 5.41) is 0. The van der Waals surface area contributed by atoms with Crippen molar-refractivity contribution in [3.63, 3.8) is 0 Å². The van der Waals surface area contributed by atoms with Gasteiger partial charge < -0.3 is 15.4 Å². The van der Waals surface area contributed by atoms with Gasteiger partial charge in [-0.15, -0.1) is 0 Å². The Hall–Kier alpha value is -0.610. The molecule has 0 aromatic rings. The summed E-state index contributed by atoms with van der Waals surface area (Å²) in [5.74, 6) is 0.272. The molecule has 3 atom stereocenters. The van der Waals surface area contributed by atoms with E-state index in [2.05, 4.69) is 6.92 Å². The highest BCUT2D eigenvalue weighted by Gasteiger charge is 2.27. The van der Waals surface area contributed by atoms with E-state index in [1.807, 2.05) is 4.90 Å². The number of likely N-dealkylation sites (tertiary alicyclic amines) is 1. The quantitative estimate of drug-likeness (QED) is 0.830. The molecular formula is C14H26N2O2. The molecule has 2 heterocycles. The van der Waals surface area contributed by atoms with Crippen molar-refractivity contribution in [3.05, 3.63) is 0 Å². The third-order valence-corrected chi connectivity index (χ3v) is 4.22. The molecule has 0 aromatic heterocycles. The van der Waals surface area contributed by atoms with E-state index in [4.69, 9.17) is 10.5 Å².